The van der Waals surface area contributed by atoms with Gasteiger partial charge in [-0.25, -0.2) is 0 Å². The maximum Gasteiger partial charge on any atom is 0.305 e. The number of allylic oxidation sites excluding steroid dienone is 4. The molecule has 6 heteroatoms. The fraction of sp³-hybridized carbons (Fsp3) is 0.926. The van der Waals surface area contributed by atoms with Gasteiger partial charge >= 0.3 is 5.97 Å². The van der Waals surface area contributed by atoms with E-state index in [1.807, 2.05) is 0 Å². The lowest BCUT2D eigenvalue weighted by molar-refractivity contribution is -0.143. The Labute approximate surface area is 545 Å². The molecule has 0 fully saturated rings. The Kier molecular flexibility index (Phi) is 75.3. The molecule has 516 valence electrons. The van der Waals surface area contributed by atoms with Crippen molar-refractivity contribution in [3.8, 4) is 0 Å². The lowest BCUT2D eigenvalue weighted by Gasteiger charge is -2.22. The van der Waals surface area contributed by atoms with Crippen LogP contribution in [0.2, 0.25) is 0 Å². The molecule has 6 nitrogen and oxygen atoms in total. The summed E-state index contributed by atoms with van der Waals surface area (Å²) in [5, 5.41) is 23.5. The van der Waals surface area contributed by atoms with Gasteiger partial charge in [0.2, 0.25) is 5.91 Å². The number of hydrogen-bond acceptors (Lipinski definition) is 5. The minimum Gasteiger partial charge on any atom is -0.466 e. The third-order valence-corrected chi connectivity index (χ3v) is 19.0. The molecule has 2 unspecified atom stereocenters. The first kappa shape index (κ1) is 85.3. The highest BCUT2D eigenvalue weighted by atomic mass is 16.5. The van der Waals surface area contributed by atoms with Gasteiger partial charge in [-0.05, 0) is 51.4 Å². The van der Waals surface area contributed by atoms with Gasteiger partial charge in [0.15, 0.2) is 0 Å². The van der Waals surface area contributed by atoms with Gasteiger partial charge in [-0.1, -0.05) is 417 Å². The van der Waals surface area contributed by atoms with Gasteiger partial charge in [0.1, 0.15) is 0 Å². The van der Waals surface area contributed by atoms with Gasteiger partial charge in [-0.15, -0.1) is 0 Å². The van der Waals surface area contributed by atoms with Gasteiger partial charge in [-0.2, -0.15) is 0 Å². The second-order valence-electron chi connectivity index (χ2n) is 27.8. The number of unbranched alkanes of at least 4 members (excludes halogenated alkanes) is 61. The number of aliphatic hydroxyl groups is 2. The van der Waals surface area contributed by atoms with Gasteiger partial charge < -0.3 is 20.3 Å². The summed E-state index contributed by atoms with van der Waals surface area (Å²) in [5.41, 5.74) is 0. The summed E-state index contributed by atoms with van der Waals surface area (Å²) >= 11 is 0. The lowest BCUT2D eigenvalue weighted by atomic mass is 10.0. The number of nitrogens with one attached hydrogen (secondary N) is 1. The molecular formula is C81H157NO5. The molecule has 0 aromatic rings. The third-order valence-electron chi connectivity index (χ3n) is 19.0. The quantitative estimate of drug-likeness (QED) is 0.0320. The molecule has 0 aromatic heterocycles. The van der Waals surface area contributed by atoms with E-state index in [0.717, 1.165) is 51.4 Å². The summed E-state index contributed by atoms with van der Waals surface area (Å²) in [5.74, 6) is -0.0171. The molecule has 0 aliphatic rings. The normalized spacial score (nSPS) is 12.6. The van der Waals surface area contributed by atoms with Gasteiger partial charge in [0.05, 0.1) is 25.4 Å². The number of rotatable bonds is 76. The van der Waals surface area contributed by atoms with Crippen LogP contribution in [0.4, 0.5) is 0 Å². The number of aliphatic hydroxyl groups excluding tert-OH is 2. The van der Waals surface area contributed by atoms with E-state index < -0.39 is 12.1 Å². The Balaban J connectivity index is 3.33. The van der Waals surface area contributed by atoms with E-state index in [2.05, 4.69) is 43.5 Å². The molecule has 1 amide bonds. The maximum atomic E-state index is 12.6. The number of amides is 1. The van der Waals surface area contributed by atoms with Crippen LogP contribution in [-0.4, -0.2) is 47.4 Å². The van der Waals surface area contributed by atoms with Crippen LogP contribution in [0.15, 0.2) is 24.3 Å². The van der Waals surface area contributed by atoms with Crippen LogP contribution in [-0.2, 0) is 14.3 Å². The summed E-state index contributed by atoms with van der Waals surface area (Å²) < 4.78 is 5.49. The van der Waals surface area contributed by atoms with Crippen molar-refractivity contribution in [1.29, 1.82) is 0 Å². The smallest absolute Gasteiger partial charge is 0.305 e. The lowest BCUT2D eigenvalue weighted by Crippen LogP contribution is -2.45. The molecule has 3 N–H and O–H groups in total. The van der Waals surface area contributed by atoms with Gasteiger partial charge in [0.25, 0.3) is 0 Å². The Bertz CT molecular complexity index is 1360. The summed E-state index contributed by atoms with van der Waals surface area (Å²) in [7, 11) is 0. The van der Waals surface area contributed by atoms with Gasteiger partial charge in [-0.3, -0.25) is 9.59 Å². The zero-order valence-electron chi connectivity index (χ0n) is 59.3. The number of carbonyl (C=O) groups excluding carboxylic acids is 2. The van der Waals surface area contributed by atoms with Crippen molar-refractivity contribution >= 4 is 11.9 Å². The molecule has 2 atom stereocenters. The Hall–Kier alpha value is -1.66. The topological polar surface area (TPSA) is 95.9 Å². The molecule has 0 saturated carbocycles. The number of carbonyl (C=O) groups is 2. The highest BCUT2D eigenvalue weighted by Crippen LogP contribution is 2.20. The molecule has 0 heterocycles. The average molecular weight is 1230 g/mol. The van der Waals surface area contributed by atoms with Crippen LogP contribution in [0.1, 0.15) is 457 Å². The minimum absolute atomic E-state index is 0.00749. The van der Waals surface area contributed by atoms with Crippen LogP contribution >= 0.6 is 0 Å². The zero-order valence-corrected chi connectivity index (χ0v) is 59.3. The van der Waals surface area contributed by atoms with E-state index in [1.165, 1.54) is 372 Å². The number of hydrogen-bond donors (Lipinski definition) is 3. The van der Waals surface area contributed by atoms with E-state index in [4.69, 9.17) is 4.74 Å². The number of ether oxygens (including phenoxy) is 1. The highest BCUT2D eigenvalue weighted by molar-refractivity contribution is 5.76. The predicted octanol–water partition coefficient (Wildman–Crippen LogP) is 26.4. The molecule has 0 saturated heterocycles. The third kappa shape index (κ3) is 73.3. The molecule has 87 heavy (non-hydrogen) atoms. The van der Waals surface area contributed by atoms with Crippen LogP contribution in [0.5, 0.6) is 0 Å². The summed E-state index contributed by atoms with van der Waals surface area (Å²) in [6.45, 7) is 4.96. The van der Waals surface area contributed by atoms with Crippen molar-refractivity contribution in [3.05, 3.63) is 24.3 Å². The van der Waals surface area contributed by atoms with Crippen molar-refractivity contribution in [2.24, 2.45) is 0 Å². The highest BCUT2D eigenvalue weighted by Gasteiger charge is 2.20. The van der Waals surface area contributed by atoms with Crippen LogP contribution in [0, 0.1) is 0 Å². The standard InChI is InChI=1S/C81H157NO5/c1-3-5-7-9-11-13-15-17-19-20-21-22-23-34-37-40-43-46-49-53-57-61-65-69-73-79(84)78(77-83)82-80(85)74-70-66-62-58-54-50-47-44-41-38-35-32-30-28-26-24-25-27-29-31-33-36-39-42-45-48-52-56-60-64-68-72-76-87-81(86)75-71-67-63-59-55-51-18-16-14-12-10-8-6-4-2/h10,12,16,18,78-79,83-84H,3-9,11,13-15,17,19-77H2,1-2H3,(H,82,85)/b12-10-,18-16-. The molecule has 0 radical (unpaired) electrons. The zero-order chi connectivity index (χ0) is 62.8. The Morgan fingerprint density at radius 1 is 0.322 bits per heavy atom. The van der Waals surface area contributed by atoms with E-state index >= 15 is 0 Å². The minimum atomic E-state index is -0.662. The van der Waals surface area contributed by atoms with Crippen molar-refractivity contribution in [1.82, 2.24) is 5.32 Å². The van der Waals surface area contributed by atoms with E-state index in [-0.39, 0.29) is 18.5 Å². The van der Waals surface area contributed by atoms with Crippen molar-refractivity contribution in [2.45, 2.75) is 469 Å². The monoisotopic (exact) mass is 1220 g/mol. The summed E-state index contributed by atoms with van der Waals surface area (Å²) in [6, 6.07) is -0.539. The molecule has 0 aromatic carbocycles. The summed E-state index contributed by atoms with van der Waals surface area (Å²) in [6.07, 6.45) is 98.5. The predicted molar refractivity (Wildman–Crippen MR) is 384 cm³/mol. The Morgan fingerprint density at radius 3 is 0.908 bits per heavy atom. The SMILES string of the molecule is CCCC/C=C\C/C=C\CCCCCCCC(=O)OCCCCCCCCCCCCCCCCCCCCCCCCCCCCCCCCCCC(=O)NC(CO)C(O)CCCCCCCCCCCCCCCCCCCCCCCCCC. The van der Waals surface area contributed by atoms with Crippen molar-refractivity contribution < 1.29 is 24.5 Å². The van der Waals surface area contributed by atoms with Crippen molar-refractivity contribution in [3.63, 3.8) is 0 Å². The molecule has 0 aliphatic heterocycles. The second-order valence-corrected chi connectivity index (χ2v) is 27.8. The van der Waals surface area contributed by atoms with E-state index in [1.54, 1.807) is 0 Å². The number of esters is 1. The Morgan fingerprint density at radius 2 is 0.586 bits per heavy atom. The first-order valence-electron chi connectivity index (χ1n) is 40.1. The van der Waals surface area contributed by atoms with E-state index in [0.29, 0.717) is 25.9 Å². The first-order valence-corrected chi connectivity index (χ1v) is 40.1. The van der Waals surface area contributed by atoms with E-state index in [9.17, 15) is 19.8 Å². The van der Waals surface area contributed by atoms with Crippen LogP contribution < -0.4 is 5.32 Å². The summed E-state index contributed by atoms with van der Waals surface area (Å²) in [4.78, 5) is 24.6. The largest absolute Gasteiger partial charge is 0.466 e. The molecule has 0 spiro atoms. The molecule has 0 rings (SSSR count). The molecular weight excluding hydrogens is 1070 g/mol. The van der Waals surface area contributed by atoms with Crippen LogP contribution in [0.25, 0.3) is 0 Å². The first-order chi connectivity index (χ1) is 43.0. The molecule has 0 bridgehead atoms. The maximum absolute atomic E-state index is 12.6. The van der Waals surface area contributed by atoms with Gasteiger partial charge in [0, 0.05) is 12.8 Å². The fourth-order valence-corrected chi connectivity index (χ4v) is 12.9. The second kappa shape index (κ2) is 76.8. The fourth-order valence-electron chi connectivity index (χ4n) is 12.9. The average Bonchev–Trinajstić information content (AvgIpc) is 3.52. The van der Waals surface area contributed by atoms with Crippen molar-refractivity contribution in [2.75, 3.05) is 13.2 Å². The van der Waals surface area contributed by atoms with Crippen LogP contribution in [0.3, 0.4) is 0 Å². The molecule has 0 aliphatic carbocycles.